The number of carboxylic acid groups (broad SMARTS) is 1. The topological polar surface area (TPSA) is 55.8 Å². The summed E-state index contributed by atoms with van der Waals surface area (Å²) in [7, 11) is 0. The maximum Gasteiger partial charge on any atom is 0.325 e. The number of piperazine rings is 1. The van der Waals surface area contributed by atoms with Crippen LogP contribution in [0.25, 0.3) is 0 Å². The van der Waals surface area contributed by atoms with Crippen LogP contribution in [-0.2, 0) is 4.79 Å². The number of likely N-dealkylation sites (N-methyl/N-ethyl adjacent to an activating group) is 1. The van der Waals surface area contributed by atoms with Crippen molar-refractivity contribution in [1.82, 2.24) is 15.1 Å². The van der Waals surface area contributed by atoms with Crippen molar-refractivity contribution in [3.63, 3.8) is 0 Å². The van der Waals surface area contributed by atoms with Gasteiger partial charge in [-0.1, -0.05) is 6.92 Å². The van der Waals surface area contributed by atoms with E-state index in [4.69, 9.17) is 0 Å². The van der Waals surface area contributed by atoms with Crippen LogP contribution in [0.2, 0.25) is 0 Å². The van der Waals surface area contributed by atoms with Crippen LogP contribution in [0.15, 0.2) is 0 Å². The fourth-order valence-electron chi connectivity index (χ4n) is 4.09. The monoisotopic (exact) mass is 281 g/mol. The zero-order valence-corrected chi connectivity index (χ0v) is 12.5. The minimum Gasteiger partial charge on any atom is -0.480 e. The number of rotatable bonds is 6. The number of carbonyl (C=O) groups is 1. The molecule has 114 valence electrons. The van der Waals surface area contributed by atoms with Gasteiger partial charge >= 0.3 is 5.97 Å². The molecule has 2 aliphatic heterocycles. The van der Waals surface area contributed by atoms with E-state index in [-0.39, 0.29) is 0 Å². The molecule has 0 aromatic rings. The first-order chi connectivity index (χ1) is 9.65. The lowest BCUT2D eigenvalue weighted by atomic mass is 9.91. The first-order valence-corrected chi connectivity index (χ1v) is 8.10. The maximum atomic E-state index is 11.9. The Morgan fingerprint density at radius 1 is 1.30 bits per heavy atom. The highest BCUT2D eigenvalue weighted by Crippen LogP contribution is 2.41. The summed E-state index contributed by atoms with van der Waals surface area (Å²) in [5.41, 5.74) is -0.713. The molecule has 2 heterocycles. The van der Waals surface area contributed by atoms with Gasteiger partial charge in [-0.05, 0) is 44.7 Å². The zero-order chi connectivity index (χ0) is 14.2. The predicted molar refractivity (Wildman–Crippen MR) is 77.8 cm³/mol. The Morgan fingerprint density at radius 2 is 2.10 bits per heavy atom. The molecule has 2 N–H and O–H groups in total. The van der Waals surface area contributed by atoms with Crippen LogP contribution >= 0.6 is 0 Å². The number of nitrogens with one attached hydrogen (secondary N) is 1. The molecule has 0 radical (unpaired) electrons. The van der Waals surface area contributed by atoms with Crippen molar-refractivity contribution in [2.45, 2.75) is 44.2 Å². The summed E-state index contributed by atoms with van der Waals surface area (Å²) in [6.07, 6.45) is 4.70. The molecule has 0 aromatic carbocycles. The number of aliphatic carboxylic acids is 1. The van der Waals surface area contributed by atoms with E-state index in [0.717, 1.165) is 39.0 Å². The summed E-state index contributed by atoms with van der Waals surface area (Å²) in [5, 5.41) is 13.1. The molecule has 5 nitrogen and oxygen atoms in total. The Morgan fingerprint density at radius 3 is 2.75 bits per heavy atom. The summed E-state index contributed by atoms with van der Waals surface area (Å²) in [5.74, 6) is -0.336. The van der Waals surface area contributed by atoms with Gasteiger partial charge in [-0.3, -0.25) is 14.6 Å². The van der Waals surface area contributed by atoms with Gasteiger partial charge in [0.15, 0.2) is 0 Å². The minimum atomic E-state index is -0.713. The van der Waals surface area contributed by atoms with Gasteiger partial charge < -0.3 is 10.4 Å². The molecule has 5 heteroatoms. The summed E-state index contributed by atoms with van der Waals surface area (Å²) in [6, 6.07) is 0.663. The van der Waals surface area contributed by atoms with E-state index < -0.39 is 11.5 Å². The third-order valence-electron chi connectivity index (χ3n) is 5.29. The second-order valence-electron chi connectivity index (χ2n) is 6.65. The quantitative estimate of drug-likeness (QED) is 0.747. The lowest BCUT2D eigenvalue weighted by molar-refractivity contribution is -0.147. The SMILES string of the molecule is CCNC(CN1CCN2CCCC2C1)(C(=O)O)C1CC1. The van der Waals surface area contributed by atoms with E-state index in [0.29, 0.717) is 18.5 Å². The highest BCUT2D eigenvalue weighted by atomic mass is 16.4. The molecule has 0 aromatic heterocycles. The molecule has 1 saturated carbocycles. The lowest BCUT2D eigenvalue weighted by Crippen LogP contribution is -2.63. The number of hydrogen-bond acceptors (Lipinski definition) is 4. The summed E-state index contributed by atoms with van der Waals surface area (Å²) < 4.78 is 0. The van der Waals surface area contributed by atoms with Crippen molar-refractivity contribution in [2.75, 3.05) is 39.3 Å². The van der Waals surface area contributed by atoms with Gasteiger partial charge in [0.25, 0.3) is 0 Å². The molecule has 3 fully saturated rings. The smallest absolute Gasteiger partial charge is 0.325 e. The molecule has 0 bridgehead atoms. The van der Waals surface area contributed by atoms with Crippen molar-refractivity contribution in [3.8, 4) is 0 Å². The van der Waals surface area contributed by atoms with E-state index in [1.54, 1.807) is 0 Å². The van der Waals surface area contributed by atoms with Gasteiger partial charge in [-0.25, -0.2) is 0 Å². The second-order valence-corrected chi connectivity index (χ2v) is 6.65. The van der Waals surface area contributed by atoms with Crippen molar-refractivity contribution in [2.24, 2.45) is 5.92 Å². The van der Waals surface area contributed by atoms with Gasteiger partial charge in [-0.15, -0.1) is 0 Å². The Balaban J connectivity index is 1.68. The van der Waals surface area contributed by atoms with E-state index in [1.165, 1.54) is 19.4 Å². The highest BCUT2D eigenvalue weighted by Gasteiger charge is 2.52. The molecule has 3 aliphatic rings. The van der Waals surface area contributed by atoms with Crippen LogP contribution in [-0.4, -0.2) is 71.7 Å². The van der Waals surface area contributed by atoms with Crippen molar-refractivity contribution in [1.29, 1.82) is 0 Å². The average molecular weight is 281 g/mol. The van der Waals surface area contributed by atoms with Crippen LogP contribution in [0.5, 0.6) is 0 Å². The van der Waals surface area contributed by atoms with Gasteiger partial charge in [0.05, 0.1) is 0 Å². The van der Waals surface area contributed by atoms with Gasteiger partial charge in [0, 0.05) is 32.2 Å². The minimum absolute atomic E-state index is 0.321. The van der Waals surface area contributed by atoms with Crippen LogP contribution in [0, 0.1) is 5.92 Å². The fraction of sp³-hybridized carbons (Fsp3) is 0.933. The average Bonchev–Trinajstić information content (AvgIpc) is 3.17. The van der Waals surface area contributed by atoms with Crippen molar-refractivity contribution < 1.29 is 9.90 Å². The Hall–Kier alpha value is -0.650. The molecule has 20 heavy (non-hydrogen) atoms. The molecule has 0 spiro atoms. The highest BCUT2D eigenvalue weighted by molar-refractivity contribution is 5.80. The van der Waals surface area contributed by atoms with E-state index >= 15 is 0 Å². The van der Waals surface area contributed by atoms with Crippen LogP contribution in [0.3, 0.4) is 0 Å². The molecular weight excluding hydrogens is 254 g/mol. The summed E-state index contributed by atoms with van der Waals surface area (Å²) in [6.45, 7) is 7.82. The van der Waals surface area contributed by atoms with Crippen LogP contribution < -0.4 is 5.32 Å². The molecule has 2 atom stereocenters. The number of nitrogens with zero attached hydrogens (tertiary/aromatic N) is 2. The Kier molecular flexibility index (Phi) is 4.02. The number of carboxylic acids is 1. The first kappa shape index (κ1) is 14.3. The van der Waals surface area contributed by atoms with E-state index in [2.05, 4.69) is 15.1 Å². The van der Waals surface area contributed by atoms with Crippen LogP contribution in [0.4, 0.5) is 0 Å². The van der Waals surface area contributed by atoms with Crippen molar-refractivity contribution in [3.05, 3.63) is 0 Å². The molecule has 1 aliphatic carbocycles. The Bertz CT molecular complexity index is 372. The maximum absolute atomic E-state index is 11.9. The Labute approximate surface area is 121 Å². The summed E-state index contributed by atoms with van der Waals surface area (Å²) >= 11 is 0. The third-order valence-corrected chi connectivity index (χ3v) is 5.29. The fourth-order valence-corrected chi connectivity index (χ4v) is 4.09. The van der Waals surface area contributed by atoms with Gasteiger partial charge in [-0.2, -0.15) is 0 Å². The number of hydrogen-bond donors (Lipinski definition) is 2. The van der Waals surface area contributed by atoms with Crippen LogP contribution in [0.1, 0.15) is 32.6 Å². The number of fused-ring (bicyclic) bond motifs is 1. The lowest BCUT2D eigenvalue weighted by Gasteiger charge is -2.42. The van der Waals surface area contributed by atoms with E-state index in [1.807, 2.05) is 6.92 Å². The third kappa shape index (κ3) is 2.59. The van der Waals surface area contributed by atoms with Crippen molar-refractivity contribution >= 4 is 5.97 Å². The summed E-state index contributed by atoms with van der Waals surface area (Å²) in [4.78, 5) is 16.9. The second kappa shape index (κ2) is 5.62. The largest absolute Gasteiger partial charge is 0.480 e. The standard InChI is InChI=1S/C15H27N3O2/c1-2-16-15(14(19)20,12-5-6-12)11-17-8-9-18-7-3-4-13(18)10-17/h12-13,16H,2-11H2,1H3,(H,19,20). The van der Waals surface area contributed by atoms with Gasteiger partial charge in [0.2, 0.25) is 0 Å². The van der Waals surface area contributed by atoms with Gasteiger partial charge in [0.1, 0.15) is 5.54 Å². The molecule has 2 saturated heterocycles. The molecule has 2 unspecified atom stereocenters. The molecular formula is C15H27N3O2. The predicted octanol–water partition coefficient (Wildman–Crippen LogP) is 0.609. The zero-order valence-electron chi connectivity index (χ0n) is 12.5. The van der Waals surface area contributed by atoms with E-state index in [9.17, 15) is 9.90 Å². The molecule has 0 amide bonds. The normalized spacial score (nSPS) is 30.9. The molecule has 3 rings (SSSR count). The first-order valence-electron chi connectivity index (χ1n) is 8.10.